The summed E-state index contributed by atoms with van der Waals surface area (Å²) in [6.45, 7) is 0. The summed E-state index contributed by atoms with van der Waals surface area (Å²) in [7, 11) is 0. The number of hydrogen-bond acceptors (Lipinski definition) is 2. The third-order valence-corrected chi connectivity index (χ3v) is 8.07. The molecule has 2 aliphatic carbocycles. The maximum Gasteiger partial charge on any atom is 0.244 e. The van der Waals surface area contributed by atoms with Crippen LogP contribution < -0.4 is 10.9 Å². The van der Waals surface area contributed by atoms with Crippen molar-refractivity contribution in [2.75, 3.05) is 0 Å². The van der Waals surface area contributed by atoms with Crippen LogP contribution in [0.25, 0.3) is 0 Å². The molecule has 4 atom stereocenters. The molecule has 1 saturated carbocycles. The monoisotopic (exact) mass is 382 g/mol. The molecule has 2 bridgehead atoms. The van der Waals surface area contributed by atoms with Gasteiger partial charge in [0, 0.05) is 0 Å². The lowest BCUT2D eigenvalue weighted by atomic mass is 9.80. The molecule has 1 heterocycles. The topological polar surface area (TPSA) is 58.2 Å². The maximum atomic E-state index is 12.0. The second kappa shape index (κ2) is 3.79. The first kappa shape index (κ1) is 14.4. The number of carbonyl (C=O) groups excluding carboxylic acids is 2. The highest BCUT2D eigenvalue weighted by atomic mass is 35.5. The minimum atomic E-state index is -1.90. The molecular weight excluding hydrogens is 381 g/mol. The summed E-state index contributed by atoms with van der Waals surface area (Å²) in [4.78, 5) is 20.5. The number of rotatable bonds is 0. The Morgan fingerprint density at radius 1 is 0.789 bits per heavy atom. The fourth-order valence-electron chi connectivity index (χ4n) is 2.93. The van der Waals surface area contributed by atoms with Gasteiger partial charge in [0.05, 0.1) is 21.9 Å². The number of nitrogens with one attached hydrogen (secondary N) is 2. The quantitative estimate of drug-likeness (QED) is 0.629. The van der Waals surface area contributed by atoms with Gasteiger partial charge in [-0.3, -0.25) is 20.4 Å². The van der Waals surface area contributed by atoms with Gasteiger partial charge >= 0.3 is 0 Å². The number of allylic oxidation sites excluding steroid dienone is 2. The SMILES string of the molecule is O=C1NNC(=O)[C@H]2[C@@H]1[C@]1(Cl)C(Cl)=C(Cl)[C@]2(Cl)C1(Cl)Cl. The molecule has 0 unspecified atom stereocenters. The normalized spacial score (nSPS) is 47.1. The molecule has 0 radical (unpaired) electrons. The van der Waals surface area contributed by atoms with E-state index in [1.54, 1.807) is 0 Å². The number of fused-ring (bicyclic) bond motifs is 5. The second-order valence-corrected chi connectivity index (χ2v) is 7.84. The highest BCUT2D eigenvalue weighted by Crippen LogP contribution is 2.76. The average molecular weight is 385 g/mol. The molecule has 104 valence electrons. The van der Waals surface area contributed by atoms with E-state index in [1.807, 2.05) is 0 Å². The van der Waals surface area contributed by atoms with E-state index in [0.29, 0.717) is 0 Å². The third kappa shape index (κ3) is 1.23. The Balaban J connectivity index is 2.35. The minimum Gasteiger partial charge on any atom is -0.273 e. The van der Waals surface area contributed by atoms with Gasteiger partial charge in [0.1, 0.15) is 9.75 Å². The van der Waals surface area contributed by atoms with Crippen LogP contribution in [0.2, 0.25) is 0 Å². The fraction of sp³-hybridized carbons (Fsp3) is 0.556. The predicted octanol–water partition coefficient (Wildman–Crippen LogP) is 2.23. The zero-order valence-electron chi connectivity index (χ0n) is 8.74. The van der Waals surface area contributed by atoms with Crippen LogP contribution in [-0.2, 0) is 9.59 Å². The summed E-state index contributed by atoms with van der Waals surface area (Å²) in [5, 5.41) is -0.219. The zero-order valence-corrected chi connectivity index (χ0v) is 13.3. The third-order valence-electron chi connectivity index (χ3n) is 3.81. The smallest absolute Gasteiger partial charge is 0.244 e. The van der Waals surface area contributed by atoms with E-state index < -0.39 is 37.7 Å². The summed E-state index contributed by atoms with van der Waals surface area (Å²) in [6.07, 6.45) is 0. The van der Waals surface area contributed by atoms with Gasteiger partial charge in [-0.2, -0.15) is 0 Å². The lowest BCUT2D eigenvalue weighted by Gasteiger charge is -2.37. The molecule has 3 rings (SSSR count). The van der Waals surface area contributed by atoms with Crippen molar-refractivity contribution in [3.05, 3.63) is 10.1 Å². The Morgan fingerprint density at radius 2 is 1.11 bits per heavy atom. The van der Waals surface area contributed by atoms with Crippen molar-refractivity contribution in [3.8, 4) is 0 Å². The highest BCUT2D eigenvalue weighted by molar-refractivity contribution is 6.66. The summed E-state index contributed by atoms with van der Waals surface area (Å²) >= 11 is 37.4. The molecule has 2 fully saturated rings. The van der Waals surface area contributed by atoms with Crippen molar-refractivity contribution in [2.24, 2.45) is 11.8 Å². The Hall–Kier alpha value is 0.420. The van der Waals surface area contributed by atoms with Crippen LogP contribution in [0.4, 0.5) is 0 Å². The largest absolute Gasteiger partial charge is 0.273 e. The standard InChI is InChI=1S/C9H4Cl6N2O2/c10-3-4(11)8(13)2-1(5(18)16-17-6(2)19)7(3,12)9(8,14)15/h1-2H,(H,16,18)(H,17,19)/t1-,2+,7-,8-/m0/s1. The van der Waals surface area contributed by atoms with Crippen molar-refractivity contribution >= 4 is 81.4 Å². The molecule has 1 aliphatic heterocycles. The summed E-state index contributed by atoms with van der Waals surface area (Å²) in [5.74, 6) is -3.36. The van der Waals surface area contributed by atoms with Gasteiger partial charge in [0.15, 0.2) is 4.33 Å². The van der Waals surface area contributed by atoms with E-state index in [9.17, 15) is 9.59 Å². The Bertz CT molecular complexity index is 517. The zero-order chi connectivity index (χ0) is 14.4. The molecule has 2 amide bonds. The van der Waals surface area contributed by atoms with Crippen LogP contribution in [0.1, 0.15) is 0 Å². The van der Waals surface area contributed by atoms with Crippen molar-refractivity contribution in [3.63, 3.8) is 0 Å². The maximum absolute atomic E-state index is 12.0. The molecular formula is C9H4Cl6N2O2. The molecule has 4 nitrogen and oxygen atoms in total. The first-order chi connectivity index (χ1) is 8.61. The number of alkyl halides is 4. The van der Waals surface area contributed by atoms with Gasteiger partial charge in [-0.05, 0) is 0 Å². The van der Waals surface area contributed by atoms with Crippen LogP contribution >= 0.6 is 69.6 Å². The van der Waals surface area contributed by atoms with Crippen LogP contribution in [0.3, 0.4) is 0 Å². The molecule has 0 aromatic rings. The molecule has 19 heavy (non-hydrogen) atoms. The van der Waals surface area contributed by atoms with Crippen LogP contribution in [0.15, 0.2) is 10.1 Å². The average Bonchev–Trinajstić information content (AvgIpc) is 2.55. The molecule has 0 aromatic carbocycles. The molecule has 3 aliphatic rings. The van der Waals surface area contributed by atoms with E-state index in [4.69, 9.17) is 69.6 Å². The van der Waals surface area contributed by atoms with Gasteiger partial charge in [-0.15, -0.1) is 23.2 Å². The summed E-state index contributed by atoms with van der Waals surface area (Å²) in [6, 6.07) is 0. The fourth-order valence-corrected chi connectivity index (χ4v) is 5.87. The van der Waals surface area contributed by atoms with E-state index in [-0.39, 0.29) is 10.1 Å². The van der Waals surface area contributed by atoms with E-state index in [2.05, 4.69) is 10.9 Å². The molecule has 10 heteroatoms. The van der Waals surface area contributed by atoms with Gasteiger partial charge in [0.2, 0.25) is 11.8 Å². The van der Waals surface area contributed by atoms with Gasteiger partial charge < -0.3 is 0 Å². The van der Waals surface area contributed by atoms with Crippen molar-refractivity contribution in [1.29, 1.82) is 0 Å². The van der Waals surface area contributed by atoms with E-state index >= 15 is 0 Å². The molecule has 0 aromatic heterocycles. The van der Waals surface area contributed by atoms with Gasteiger partial charge in [-0.25, -0.2) is 0 Å². The Labute approximate surface area is 137 Å². The molecule has 0 spiro atoms. The van der Waals surface area contributed by atoms with Crippen molar-refractivity contribution in [2.45, 2.75) is 14.1 Å². The molecule has 1 saturated heterocycles. The minimum absolute atomic E-state index is 0.109. The Morgan fingerprint density at radius 3 is 1.42 bits per heavy atom. The number of carbonyl (C=O) groups is 2. The van der Waals surface area contributed by atoms with Crippen LogP contribution in [-0.4, -0.2) is 25.9 Å². The first-order valence-corrected chi connectivity index (χ1v) is 7.30. The van der Waals surface area contributed by atoms with Crippen molar-refractivity contribution < 1.29 is 9.59 Å². The first-order valence-electron chi connectivity index (χ1n) is 5.03. The summed E-state index contributed by atoms with van der Waals surface area (Å²) in [5.41, 5.74) is 4.36. The number of hydrogen-bond donors (Lipinski definition) is 2. The lowest BCUT2D eigenvalue weighted by Crippen LogP contribution is -2.62. The lowest BCUT2D eigenvalue weighted by molar-refractivity contribution is -0.143. The van der Waals surface area contributed by atoms with Gasteiger partial charge in [-0.1, -0.05) is 46.4 Å². The number of amides is 2. The van der Waals surface area contributed by atoms with Gasteiger partial charge in [0.25, 0.3) is 0 Å². The van der Waals surface area contributed by atoms with Crippen LogP contribution in [0.5, 0.6) is 0 Å². The molecule has 2 N–H and O–H groups in total. The number of halogens is 6. The highest BCUT2D eigenvalue weighted by Gasteiger charge is 2.85. The van der Waals surface area contributed by atoms with E-state index in [0.717, 1.165) is 0 Å². The number of hydrazine groups is 1. The predicted molar refractivity (Wildman–Crippen MR) is 73.6 cm³/mol. The van der Waals surface area contributed by atoms with Crippen LogP contribution in [0, 0.1) is 11.8 Å². The Kier molecular flexibility index (Phi) is 2.86. The van der Waals surface area contributed by atoms with E-state index in [1.165, 1.54) is 0 Å². The summed E-state index contributed by atoms with van der Waals surface area (Å²) < 4.78 is -1.90. The second-order valence-electron chi connectivity index (χ2n) is 4.56. The van der Waals surface area contributed by atoms with Crippen molar-refractivity contribution in [1.82, 2.24) is 10.9 Å².